The second-order valence-corrected chi connectivity index (χ2v) is 5.93. The van der Waals surface area contributed by atoms with Crippen molar-refractivity contribution in [2.45, 2.75) is 31.8 Å². The number of carbonyl (C=O) groups is 1. The normalized spacial score (nSPS) is 22.2. The molecule has 2 unspecified atom stereocenters. The van der Waals surface area contributed by atoms with Crippen LogP contribution in [-0.4, -0.2) is 29.5 Å². The molecule has 5 heteroatoms. The Bertz CT molecular complexity index is 674. The zero-order chi connectivity index (χ0) is 14.8. The summed E-state index contributed by atoms with van der Waals surface area (Å²) in [5, 5.41) is 7.92. The van der Waals surface area contributed by atoms with Crippen molar-refractivity contribution < 1.29 is 4.79 Å². The van der Waals surface area contributed by atoms with Crippen molar-refractivity contribution in [1.82, 2.24) is 15.6 Å². The minimum absolute atomic E-state index is 0.109. The largest absolute Gasteiger partial charge is 0.348 e. The fourth-order valence-corrected chi connectivity index (χ4v) is 3.04. The number of pyridine rings is 1. The molecule has 1 fully saturated rings. The fraction of sp³-hybridized carbons (Fsp3) is 0.375. The average Bonchev–Trinajstić information content (AvgIpc) is 2.48. The van der Waals surface area contributed by atoms with Gasteiger partial charge in [0.1, 0.15) is 0 Å². The van der Waals surface area contributed by atoms with Crippen LogP contribution < -0.4 is 10.6 Å². The molecule has 0 aliphatic carbocycles. The first-order valence-corrected chi connectivity index (χ1v) is 7.61. The summed E-state index contributed by atoms with van der Waals surface area (Å²) in [6.07, 6.45) is 3.76. The van der Waals surface area contributed by atoms with E-state index in [0.717, 1.165) is 24.8 Å². The van der Waals surface area contributed by atoms with Crippen LogP contribution in [0, 0.1) is 0 Å². The van der Waals surface area contributed by atoms with E-state index in [2.05, 4.69) is 22.5 Å². The number of nitrogens with zero attached hydrogens (tertiary/aromatic N) is 1. The molecular weight excluding hydrogens is 286 g/mol. The van der Waals surface area contributed by atoms with E-state index in [4.69, 9.17) is 11.6 Å². The van der Waals surface area contributed by atoms with Gasteiger partial charge in [-0.3, -0.25) is 9.78 Å². The van der Waals surface area contributed by atoms with Crippen LogP contribution in [0.25, 0.3) is 10.9 Å². The number of benzene rings is 1. The molecule has 1 aliphatic rings. The Labute approximate surface area is 128 Å². The van der Waals surface area contributed by atoms with Gasteiger partial charge in [0.05, 0.1) is 11.1 Å². The summed E-state index contributed by atoms with van der Waals surface area (Å²) < 4.78 is 0. The molecule has 4 nitrogen and oxygen atoms in total. The van der Waals surface area contributed by atoms with Crippen molar-refractivity contribution in [3.05, 3.63) is 41.0 Å². The summed E-state index contributed by atoms with van der Waals surface area (Å²) >= 11 is 6.12. The summed E-state index contributed by atoms with van der Waals surface area (Å²) in [7, 11) is 0. The Morgan fingerprint density at radius 2 is 2.33 bits per heavy atom. The number of hydrogen-bond donors (Lipinski definition) is 2. The molecule has 110 valence electrons. The van der Waals surface area contributed by atoms with E-state index < -0.39 is 0 Å². The van der Waals surface area contributed by atoms with Crippen LogP contribution in [0.2, 0.25) is 5.02 Å². The van der Waals surface area contributed by atoms with Crippen LogP contribution >= 0.6 is 11.6 Å². The molecule has 2 atom stereocenters. The van der Waals surface area contributed by atoms with E-state index in [1.165, 1.54) is 0 Å². The molecule has 0 spiro atoms. The number of nitrogens with one attached hydrogen (secondary N) is 2. The van der Waals surface area contributed by atoms with Gasteiger partial charge in [-0.15, -0.1) is 0 Å². The maximum atomic E-state index is 12.6. The number of aromatic nitrogens is 1. The lowest BCUT2D eigenvalue weighted by Gasteiger charge is -2.30. The number of rotatable bonds is 2. The van der Waals surface area contributed by atoms with Crippen LogP contribution in [-0.2, 0) is 0 Å². The Morgan fingerprint density at radius 1 is 1.48 bits per heavy atom. The number of carbonyl (C=O) groups excluding carboxylic acids is 1. The van der Waals surface area contributed by atoms with Gasteiger partial charge in [-0.05, 0) is 44.5 Å². The maximum absolute atomic E-state index is 12.6. The lowest BCUT2D eigenvalue weighted by atomic mass is 9.99. The summed E-state index contributed by atoms with van der Waals surface area (Å²) in [6.45, 7) is 3.10. The van der Waals surface area contributed by atoms with E-state index in [-0.39, 0.29) is 18.0 Å². The second kappa shape index (κ2) is 6.00. The van der Waals surface area contributed by atoms with Crippen molar-refractivity contribution in [1.29, 1.82) is 0 Å². The molecular formula is C16H18ClN3O. The summed E-state index contributed by atoms with van der Waals surface area (Å²) in [5.41, 5.74) is 1.23. The van der Waals surface area contributed by atoms with Crippen molar-refractivity contribution in [3.8, 4) is 0 Å². The number of hydrogen-bond acceptors (Lipinski definition) is 3. The van der Waals surface area contributed by atoms with Gasteiger partial charge in [-0.1, -0.05) is 17.7 Å². The minimum Gasteiger partial charge on any atom is -0.348 e. The Balaban J connectivity index is 1.90. The number of fused-ring (bicyclic) bond motifs is 1. The van der Waals surface area contributed by atoms with Gasteiger partial charge < -0.3 is 10.6 Å². The van der Waals surface area contributed by atoms with E-state index in [9.17, 15) is 4.79 Å². The monoisotopic (exact) mass is 303 g/mol. The predicted molar refractivity (Wildman–Crippen MR) is 84.7 cm³/mol. The first-order valence-electron chi connectivity index (χ1n) is 7.23. The van der Waals surface area contributed by atoms with Gasteiger partial charge >= 0.3 is 0 Å². The zero-order valence-corrected chi connectivity index (χ0v) is 12.7. The fourth-order valence-electron chi connectivity index (χ4n) is 2.82. The molecule has 1 aliphatic heterocycles. The average molecular weight is 304 g/mol. The van der Waals surface area contributed by atoms with Crippen molar-refractivity contribution in [2.75, 3.05) is 6.54 Å². The van der Waals surface area contributed by atoms with Gasteiger partial charge in [0.2, 0.25) is 0 Å². The highest BCUT2D eigenvalue weighted by molar-refractivity contribution is 6.32. The first-order chi connectivity index (χ1) is 10.1. The molecule has 1 saturated heterocycles. The Kier molecular flexibility index (Phi) is 4.08. The molecule has 0 bridgehead atoms. The molecule has 21 heavy (non-hydrogen) atoms. The van der Waals surface area contributed by atoms with Gasteiger partial charge in [0.15, 0.2) is 0 Å². The smallest absolute Gasteiger partial charge is 0.253 e. The van der Waals surface area contributed by atoms with Crippen molar-refractivity contribution in [3.63, 3.8) is 0 Å². The SMILES string of the molecule is CC1NCCCC1NC(=O)c1cc(Cl)cc2cccnc12. The summed E-state index contributed by atoms with van der Waals surface area (Å²) in [6, 6.07) is 7.69. The van der Waals surface area contributed by atoms with Crippen LogP contribution in [0.3, 0.4) is 0 Å². The molecule has 0 radical (unpaired) electrons. The highest BCUT2D eigenvalue weighted by atomic mass is 35.5. The second-order valence-electron chi connectivity index (χ2n) is 5.49. The van der Waals surface area contributed by atoms with Gasteiger partial charge in [-0.25, -0.2) is 0 Å². The standard InChI is InChI=1S/C16H18ClN3O/c1-10-14(5-3-6-18-10)20-16(21)13-9-12(17)8-11-4-2-7-19-15(11)13/h2,4,7-10,14,18H,3,5-6H2,1H3,(H,20,21). The molecule has 0 saturated carbocycles. The highest BCUT2D eigenvalue weighted by Crippen LogP contribution is 2.22. The topological polar surface area (TPSA) is 54.0 Å². The number of halogens is 1. The molecule has 3 rings (SSSR count). The molecule has 2 N–H and O–H groups in total. The van der Waals surface area contributed by atoms with Gasteiger partial charge in [0, 0.05) is 28.7 Å². The van der Waals surface area contributed by atoms with Gasteiger partial charge in [-0.2, -0.15) is 0 Å². The maximum Gasteiger partial charge on any atom is 0.253 e. The zero-order valence-electron chi connectivity index (χ0n) is 11.9. The molecule has 1 aromatic heterocycles. The number of amides is 1. The quantitative estimate of drug-likeness (QED) is 0.897. The van der Waals surface area contributed by atoms with E-state index >= 15 is 0 Å². The Hall–Kier alpha value is -1.65. The van der Waals surface area contributed by atoms with Crippen LogP contribution in [0.4, 0.5) is 0 Å². The van der Waals surface area contributed by atoms with Crippen LogP contribution in [0.1, 0.15) is 30.1 Å². The Morgan fingerprint density at radius 3 is 3.14 bits per heavy atom. The van der Waals surface area contributed by atoms with Crippen LogP contribution in [0.5, 0.6) is 0 Å². The third-order valence-electron chi connectivity index (χ3n) is 3.99. The first kappa shape index (κ1) is 14.3. The third kappa shape index (κ3) is 3.01. The predicted octanol–water partition coefficient (Wildman–Crippen LogP) is 2.76. The van der Waals surface area contributed by atoms with Crippen molar-refractivity contribution >= 4 is 28.4 Å². The minimum atomic E-state index is -0.109. The summed E-state index contributed by atoms with van der Waals surface area (Å²) in [4.78, 5) is 16.9. The van der Waals surface area contributed by atoms with E-state index in [1.807, 2.05) is 18.2 Å². The lowest BCUT2D eigenvalue weighted by Crippen LogP contribution is -2.51. The lowest BCUT2D eigenvalue weighted by molar-refractivity contribution is 0.0921. The van der Waals surface area contributed by atoms with E-state index in [1.54, 1.807) is 12.3 Å². The van der Waals surface area contributed by atoms with Crippen LogP contribution in [0.15, 0.2) is 30.5 Å². The molecule has 1 aromatic carbocycles. The summed E-state index contributed by atoms with van der Waals surface area (Å²) in [5.74, 6) is -0.109. The highest BCUT2D eigenvalue weighted by Gasteiger charge is 2.23. The molecule has 1 amide bonds. The molecule has 2 aromatic rings. The third-order valence-corrected chi connectivity index (χ3v) is 4.21. The molecule has 2 heterocycles. The van der Waals surface area contributed by atoms with Gasteiger partial charge in [0.25, 0.3) is 5.91 Å². The van der Waals surface area contributed by atoms with E-state index in [0.29, 0.717) is 16.1 Å². The van der Waals surface area contributed by atoms with Crippen molar-refractivity contribution in [2.24, 2.45) is 0 Å². The number of piperidine rings is 1.